The average Bonchev–Trinajstić information content (AvgIpc) is 2.95. The summed E-state index contributed by atoms with van der Waals surface area (Å²) < 4.78 is 2.39. The molecule has 4 rings (SSSR count). The molecule has 25 heavy (non-hydrogen) atoms. The number of para-hydroxylation sites is 1. The highest BCUT2D eigenvalue weighted by Crippen LogP contribution is 2.39. The average molecular weight is 328 g/mol. The second-order valence-corrected chi connectivity index (χ2v) is 6.68. The van der Waals surface area contributed by atoms with Crippen molar-refractivity contribution in [1.82, 2.24) is 9.47 Å². The predicted octanol–water partition coefficient (Wildman–Crippen LogP) is 4.54. The summed E-state index contributed by atoms with van der Waals surface area (Å²) in [7, 11) is 2.21. The van der Waals surface area contributed by atoms with Gasteiger partial charge < -0.3 is 4.57 Å². The Hall–Kier alpha value is -2.50. The van der Waals surface area contributed by atoms with E-state index in [2.05, 4.69) is 89.9 Å². The first-order chi connectivity index (χ1) is 12.3. The first-order valence-electron chi connectivity index (χ1n) is 9.12. The summed E-state index contributed by atoms with van der Waals surface area (Å²) in [6.45, 7) is 3.99. The van der Waals surface area contributed by atoms with Gasteiger partial charge in [-0.1, -0.05) is 61.4 Å². The van der Waals surface area contributed by atoms with Crippen molar-refractivity contribution in [2.24, 2.45) is 7.05 Å². The Morgan fingerprint density at radius 1 is 1.00 bits per heavy atom. The monoisotopic (exact) mass is 328 g/mol. The molecule has 1 atom stereocenters. The predicted molar refractivity (Wildman–Crippen MR) is 105 cm³/mol. The van der Waals surface area contributed by atoms with E-state index in [9.17, 15) is 0 Å². The van der Waals surface area contributed by atoms with Gasteiger partial charge in [-0.25, -0.2) is 0 Å². The van der Waals surface area contributed by atoms with Crippen LogP contribution in [0.5, 0.6) is 0 Å². The first-order valence-corrected chi connectivity index (χ1v) is 9.12. The minimum Gasteiger partial charge on any atom is -0.346 e. The molecule has 1 unspecified atom stereocenters. The lowest BCUT2D eigenvalue weighted by Gasteiger charge is -2.36. The molecule has 2 aromatic carbocycles. The summed E-state index contributed by atoms with van der Waals surface area (Å²) in [6.07, 6.45) is 2.01. The van der Waals surface area contributed by atoms with Crippen LogP contribution in [0, 0.1) is 11.8 Å². The Morgan fingerprint density at radius 2 is 1.76 bits per heavy atom. The van der Waals surface area contributed by atoms with Gasteiger partial charge in [0, 0.05) is 36.6 Å². The van der Waals surface area contributed by atoms with Crippen molar-refractivity contribution >= 4 is 10.9 Å². The molecule has 1 aromatic heterocycles. The maximum Gasteiger partial charge on any atom is 0.0767 e. The van der Waals surface area contributed by atoms with Crippen molar-refractivity contribution in [2.75, 3.05) is 13.1 Å². The number of hydrogen-bond donors (Lipinski definition) is 0. The van der Waals surface area contributed by atoms with Gasteiger partial charge in [0.15, 0.2) is 0 Å². The van der Waals surface area contributed by atoms with Gasteiger partial charge in [-0.05, 0) is 23.6 Å². The highest BCUT2D eigenvalue weighted by molar-refractivity contribution is 5.86. The number of aryl methyl sites for hydroxylation is 1. The van der Waals surface area contributed by atoms with Gasteiger partial charge in [0.25, 0.3) is 0 Å². The van der Waals surface area contributed by atoms with Crippen LogP contribution >= 0.6 is 0 Å². The Labute approximate surface area is 150 Å². The molecule has 2 nitrogen and oxygen atoms in total. The fourth-order valence-corrected chi connectivity index (χ4v) is 4.12. The fourth-order valence-electron chi connectivity index (χ4n) is 4.12. The molecule has 0 saturated heterocycles. The quantitative estimate of drug-likeness (QED) is 0.627. The third kappa shape index (κ3) is 2.75. The van der Waals surface area contributed by atoms with E-state index in [0.29, 0.717) is 0 Å². The normalized spacial score (nSPS) is 17.1. The van der Waals surface area contributed by atoms with Crippen molar-refractivity contribution in [3.05, 3.63) is 71.4 Å². The zero-order valence-electron chi connectivity index (χ0n) is 15.0. The highest BCUT2D eigenvalue weighted by atomic mass is 15.2. The van der Waals surface area contributed by atoms with Gasteiger partial charge in [-0.2, -0.15) is 0 Å². The summed E-state index contributed by atoms with van der Waals surface area (Å²) >= 11 is 0. The molecular formula is C23H24N2. The topological polar surface area (TPSA) is 8.17 Å². The van der Waals surface area contributed by atoms with Crippen LogP contribution in [0.3, 0.4) is 0 Å². The highest BCUT2D eigenvalue weighted by Gasteiger charge is 2.32. The number of nitrogens with zero attached hydrogens (tertiary/aromatic N) is 2. The molecule has 3 aromatic rings. The maximum atomic E-state index is 3.36. The first kappa shape index (κ1) is 16.0. The van der Waals surface area contributed by atoms with E-state index in [4.69, 9.17) is 0 Å². The van der Waals surface area contributed by atoms with Crippen LogP contribution < -0.4 is 0 Å². The van der Waals surface area contributed by atoms with Crippen LogP contribution in [0.4, 0.5) is 0 Å². The Balaban J connectivity index is 1.88. The van der Waals surface area contributed by atoms with Crippen LogP contribution in [0.15, 0.2) is 54.6 Å². The van der Waals surface area contributed by atoms with Gasteiger partial charge in [0.1, 0.15) is 0 Å². The number of rotatable bonds is 2. The number of aromatic nitrogens is 1. The molecule has 0 aliphatic carbocycles. The van der Waals surface area contributed by atoms with Crippen LogP contribution in [0.1, 0.15) is 36.2 Å². The van der Waals surface area contributed by atoms with Gasteiger partial charge in [-0.15, -0.1) is 5.92 Å². The number of hydrogen-bond acceptors (Lipinski definition) is 1. The van der Waals surface area contributed by atoms with Crippen LogP contribution in [0.2, 0.25) is 0 Å². The lowest BCUT2D eigenvalue weighted by Crippen LogP contribution is -2.37. The summed E-state index contributed by atoms with van der Waals surface area (Å²) in [5.41, 5.74) is 5.62. The molecule has 2 heteroatoms. The van der Waals surface area contributed by atoms with Crippen molar-refractivity contribution in [2.45, 2.75) is 25.8 Å². The van der Waals surface area contributed by atoms with E-state index < -0.39 is 0 Å². The summed E-state index contributed by atoms with van der Waals surface area (Å²) in [6, 6.07) is 19.9. The SMILES string of the molecule is CCC#CCN1CCc2c(n(C)c3ccccc23)C1c1ccccc1. The van der Waals surface area contributed by atoms with E-state index in [0.717, 1.165) is 25.9 Å². The van der Waals surface area contributed by atoms with E-state index in [1.54, 1.807) is 0 Å². The zero-order valence-corrected chi connectivity index (χ0v) is 15.0. The fraction of sp³-hybridized carbons (Fsp3) is 0.304. The largest absolute Gasteiger partial charge is 0.346 e. The molecule has 0 radical (unpaired) electrons. The maximum absolute atomic E-state index is 3.36. The second kappa shape index (κ2) is 6.78. The molecule has 1 aliphatic heterocycles. The molecule has 0 fully saturated rings. The van der Waals surface area contributed by atoms with Crippen molar-refractivity contribution in [3.8, 4) is 11.8 Å². The lowest BCUT2D eigenvalue weighted by molar-refractivity contribution is 0.234. The van der Waals surface area contributed by atoms with Gasteiger partial charge in [-0.3, -0.25) is 4.90 Å². The zero-order chi connectivity index (χ0) is 17.2. The van der Waals surface area contributed by atoms with E-state index in [1.807, 2.05) is 0 Å². The lowest BCUT2D eigenvalue weighted by atomic mass is 9.92. The van der Waals surface area contributed by atoms with Gasteiger partial charge in [0.05, 0.1) is 12.6 Å². The van der Waals surface area contributed by atoms with Crippen LogP contribution in [-0.4, -0.2) is 22.6 Å². The van der Waals surface area contributed by atoms with E-state index in [1.165, 1.54) is 27.7 Å². The van der Waals surface area contributed by atoms with E-state index >= 15 is 0 Å². The van der Waals surface area contributed by atoms with Gasteiger partial charge in [0.2, 0.25) is 0 Å². The molecule has 126 valence electrons. The van der Waals surface area contributed by atoms with Crippen molar-refractivity contribution in [1.29, 1.82) is 0 Å². The van der Waals surface area contributed by atoms with Crippen LogP contribution in [-0.2, 0) is 13.5 Å². The van der Waals surface area contributed by atoms with Crippen molar-refractivity contribution < 1.29 is 0 Å². The molecule has 1 aliphatic rings. The third-order valence-electron chi connectivity index (χ3n) is 5.23. The number of fused-ring (bicyclic) bond motifs is 3. The van der Waals surface area contributed by atoms with Crippen molar-refractivity contribution in [3.63, 3.8) is 0 Å². The number of benzene rings is 2. The minimum atomic E-state index is 0.272. The summed E-state index contributed by atoms with van der Waals surface area (Å²) in [4.78, 5) is 2.53. The Morgan fingerprint density at radius 3 is 2.56 bits per heavy atom. The summed E-state index contributed by atoms with van der Waals surface area (Å²) in [5, 5.41) is 1.40. The standard InChI is InChI=1S/C23H24N2/c1-3-4-10-16-25-17-15-20-19-13-8-9-14-21(19)24(2)23(20)22(25)18-11-6-5-7-12-18/h5-9,11-14,22H,3,15-17H2,1-2H3. The van der Waals surface area contributed by atoms with E-state index in [-0.39, 0.29) is 6.04 Å². The van der Waals surface area contributed by atoms with Crippen LogP contribution in [0.25, 0.3) is 10.9 Å². The summed E-state index contributed by atoms with van der Waals surface area (Å²) in [5.74, 6) is 6.59. The molecular weight excluding hydrogens is 304 g/mol. The second-order valence-electron chi connectivity index (χ2n) is 6.68. The molecule has 0 amide bonds. The smallest absolute Gasteiger partial charge is 0.0767 e. The Bertz CT molecular complexity index is 941. The molecule has 2 heterocycles. The molecule has 0 bridgehead atoms. The molecule has 0 N–H and O–H groups in total. The minimum absolute atomic E-state index is 0.272. The van der Waals surface area contributed by atoms with Gasteiger partial charge >= 0.3 is 0 Å². The molecule has 0 saturated carbocycles. The Kier molecular flexibility index (Phi) is 4.34. The third-order valence-corrected chi connectivity index (χ3v) is 5.23. The molecule has 0 spiro atoms.